The van der Waals surface area contributed by atoms with Crippen molar-refractivity contribution in [2.24, 2.45) is 5.73 Å². The summed E-state index contributed by atoms with van der Waals surface area (Å²) in [6, 6.07) is 6.27. The number of benzene rings is 1. The van der Waals surface area contributed by atoms with E-state index in [0.717, 1.165) is 43.6 Å². The van der Waals surface area contributed by atoms with E-state index in [-0.39, 0.29) is 11.6 Å². The molecule has 1 unspecified atom stereocenters. The molecule has 1 aromatic carbocycles. The summed E-state index contributed by atoms with van der Waals surface area (Å²) in [5.74, 6) is 1.02. The third kappa shape index (κ3) is 2.15. The quantitative estimate of drug-likeness (QED) is 0.909. The van der Waals surface area contributed by atoms with E-state index in [0.29, 0.717) is 0 Å². The van der Waals surface area contributed by atoms with Crippen molar-refractivity contribution in [2.45, 2.75) is 50.2 Å². The molecule has 3 heteroatoms. The second-order valence-corrected chi connectivity index (χ2v) is 5.74. The average molecular weight is 261 g/mol. The first-order valence-corrected chi connectivity index (χ1v) is 7.32. The van der Waals surface area contributed by atoms with Crippen molar-refractivity contribution >= 4 is 0 Å². The van der Waals surface area contributed by atoms with Crippen LogP contribution < -0.4 is 10.5 Å². The molecule has 0 radical (unpaired) electrons. The summed E-state index contributed by atoms with van der Waals surface area (Å²) in [7, 11) is 1.79. The number of nitrogens with two attached hydrogens (primary N) is 1. The maximum absolute atomic E-state index is 6.56. The zero-order valence-corrected chi connectivity index (χ0v) is 11.7. The second-order valence-electron chi connectivity index (χ2n) is 5.74. The van der Waals surface area contributed by atoms with Crippen LogP contribution in [0, 0.1) is 0 Å². The molecule has 0 amide bonds. The van der Waals surface area contributed by atoms with Gasteiger partial charge in [0.05, 0.1) is 18.2 Å². The third-order valence-corrected chi connectivity index (χ3v) is 4.72. The summed E-state index contributed by atoms with van der Waals surface area (Å²) in [6.07, 6.45) is 6.70. The molecule has 1 aliphatic heterocycles. The maximum atomic E-state index is 6.56. The van der Waals surface area contributed by atoms with Gasteiger partial charge in [-0.1, -0.05) is 31.0 Å². The Hall–Kier alpha value is -1.06. The predicted octanol–water partition coefficient (Wildman–Crippen LogP) is 2.97. The van der Waals surface area contributed by atoms with Gasteiger partial charge in [-0.15, -0.1) is 0 Å². The molecule has 1 aromatic rings. The highest BCUT2D eigenvalue weighted by molar-refractivity contribution is 5.45. The molecule has 1 heterocycles. The van der Waals surface area contributed by atoms with Crippen molar-refractivity contribution in [2.75, 3.05) is 13.7 Å². The molecule has 0 bridgehead atoms. The molecular formula is C16H23NO2. The summed E-state index contributed by atoms with van der Waals surface area (Å²) >= 11 is 0. The predicted molar refractivity (Wildman–Crippen MR) is 75.4 cm³/mol. The number of ether oxygens (including phenoxy) is 2. The van der Waals surface area contributed by atoms with Crippen LogP contribution >= 0.6 is 0 Å². The molecule has 1 saturated carbocycles. The Kier molecular flexibility index (Phi) is 3.50. The highest BCUT2D eigenvalue weighted by Gasteiger charge is 2.41. The van der Waals surface area contributed by atoms with Gasteiger partial charge in [-0.2, -0.15) is 0 Å². The zero-order valence-electron chi connectivity index (χ0n) is 11.7. The lowest BCUT2D eigenvalue weighted by molar-refractivity contribution is -0.0270. The van der Waals surface area contributed by atoms with Gasteiger partial charge in [0.1, 0.15) is 5.75 Å². The van der Waals surface area contributed by atoms with E-state index in [4.69, 9.17) is 15.2 Å². The number of hydrogen-bond donors (Lipinski definition) is 1. The van der Waals surface area contributed by atoms with Crippen molar-refractivity contribution in [1.82, 2.24) is 0 Å². The minimum atomic E-state index is -0.198. The average Bonchev–Trinajstić information content (AvgIpc) is 2.96. The van der Waals surface area contributed by atoms with E-state index in [2.05, 4.69) is 18.2 Å². The fraction of sp³-hybridized carbons (Fsp3) is 0.625. The molecule has 2 N–H and O–H groups in total. The summed E-state index contributed by atoms with van der Waals surface area (Å²) in [6.45, 7) is 0.802. The lowest BCUT2D eigenvalue weighted by Crippen LogP contribution is -2.41. The van der Waals surface area contributed by atoms with Gasteiger partial charge in [0, 0.05) is 12.7 Å². The third-order valence-electron chi connectivity index (χ3n) is 4.72. The van der Waals surface area contributed by atoms with Gasteiger partial charge in [-0.05, 0) is 31.2 Å². The van der Waals surface area contributed by atoms with Crippen molar-refractivity contribution < 1.29 is 9.47 Å². The Balaban J connectivity index is 1.97. The van der Waals surface area contributed by atoms with E-state index >= 15 is 0 Å². The Morgan fingerprint density at radius 3 is 2.79 bits per heavy atom. The molecule has 3 nitrogen and oxygen atoms in total. The minimum absolute atomic E-state index is 0.0898. The van der Waals surface area contributed by atoms with Gasteiger partial charge in [-0.25, -0.2) is 0 Å². The molecule has 0 spiro atoms. The topological polar surface area (TPSA) is 44.5 Å². The number of fused-ring (bicyclic) bond motifs is 1. The van der Waals surface area contributed by atoms with Crippen molar-refractivity contribution in [3.63, 3.8) is 0 Å². The van der Waals surface area contributed by atoms with Gasteiger partial charge in [-0.3, -0.25) is 0 Å². The van der Waals surface area contributed by atoms with Crippen LogP contribution in [0.4, 0.5) is 0 Å². The lowest BCUT2D eigenvalue weighted by atomic mass is 9.85. The monoisotopic (exact) mass is 261 g/mol. The summed E-state index contributed by atoms with van der Waals surface area (Å²) in [4.78, 5) is 0. The standard InChI is InChI=1S/C16H23NO2/c1-18-16(9-2-3-10-16)15(17)13-8-4-6-12-7-5-11-19-14(12)13/h4,6,8,15H,2-3,5,7,9-11,17H2,1H3. The van der Waals surface area contributed by atoms with Crippen LogP contribution in [-0.4, -0.2) is 19.3 Å². The molecule has 104 valence electrons. The normalized spacial score (nSPS) is 22.6. The van der Waals surface area contributed by atoms with Crippen molar-refractivity contribution in [3.05, 3.63) is 29.3 Å². The minimum Gasteiger partial charge on any atom is -0.493 e. The number of hydrogen-bond acceptors (Lipinski definition) is 3. The zero-order chi connectivity index (χ0) is 13.3. The van der Waals surface area contributed by atoms with Crippen LogP contribution in [0.25, 0.3) is 0 Å². The molecule has 0 saturated heterocycles. The summed E-state index contributed by atoms with van der Waals surface area (Å²) in [5, 5.41) is 0. The van der Waals surface area contributed by atoms with Gasteiger partial charge >= 0.3 is 0 Å². The van der Waals surface area contributed by atoms with Gasteiger partial charge in [0.15, 0.2) is 0 Å². The molecule has 1 aliphatic carbocycles. The highest BCUT2D eigenvalue weighted by Crippen LogP contribution is 2.44. The van der Waals surface area contributed by atoms with Crippen molar-refractivity contribution in [3.8, 4) is 5.75 Å². The van der Waals surface area contributed by atoms with E-state index in [9.17, 15) is 0 Å². The summed E-state index contributed by atoms with van der Waals surface area (Å²) < 4.78 is 11.7. The van der Waals surface area contributed by atoms with E-state index < -0.39 is 0 Å². The van der Waals surface area contributed by atoms with Crippen LogP contribution in [0.15, 0.2) is 18.2 Å². The van der Waals surface area contributed by atoms with Gasteiger partial charge < -0.3 is 15.2 Å². The largest absolute Gasteiger partial charge is 0.493 e. The SMILES string of the molecule is COC1(C(N)c2cccc3c2OCCC3)CCCC1. The number of aryl methyl sites for hydroxylation is 1. The van der Waals surface area contributed by atoms with E-state index in [1.54, 1.807) is 7.11 Å². The Bertz CT molecular complexity index is 452. The van der Waals surface area contributed by atoms with Gasteiger partial charge in [0.25, 0.3) is 0 Å². The smallest absolute Gasteiger partial charge is 0.127 e. The Morgan fingerprint density at radius 2 is 2.05 bits per heavy atom. The number of methoxy groups -OCH3 is 1. The van der Waals surface area contributed by atoms with E-state index in [1.807, 2.05) is 0 Å². The molecular weight excluding hydrogens is 238 g/mol. The fourth-order valence-electron chi connectivity index (χ4n) is 3.56. The van der Waals surface area contributed by atoms with Crippen LogP contribution in [0.1, 0.15) is 49.3 Å². The first kappa shape index (κ1) is 12.9. The molecule has 19 heavy (non-hydrogen) atoms. The summed E-state index contributed by atoms with van der Waals surface area (Å²) in [5.41, 5.74) is 8.79. The Labute approximate surface area is 115 Å². The maximum Gasteiger partial charge on any atom is 0.127 e. The number of para-hydroxylation sites is 1. The molecule has 0 aromatic heterocycles. The molecule has 1 fully saturated rings. The first-order valence-electron chi connectivity index (χ1n) is 7.32. The lowest BCUT2D eigenvalue weighted by Gasteiger charge is -2.35. The molecule has 3 rings (SSSR count). The fourth-order valence-corrected chi connectivity index (χ4v) is 3.56. The van der Waals surface area contributed by atoms with Crippen molar-refractivity contribution in [1.29, 1.82) is 0 Å². The Morgan fingerprint density at radius 1 is 1.26 bits per heavy atom. The van der Waals surface area contributed by atoms with Gasteiger partial charge in [0.2, 0.25) is 0 Å². The highest BCUT2D eigenvalue weighted by atomic mass is 16.5. The van der Waals surface area contributed by atoms with Crippen LogP contribution in [0.5, 0.6) is 5.75 Å². The van der Waals surface area contributed by atoms with Crippen LogP contribution in [0.2, 0.25) is 0 Å². The molecule has 2 aliphatic rings. The second kappa shape index (κ2) is 5.14. The van der Waals surface area contributed by atoms with E-state index in [1.165, 1.54) is 18.4 Å². The molecule has 1 atom stereocenters. The van der Waals surface area contributed by atoms with Crippen LogP contribution in [0.3, 0.4) is 0 Å². The first-order chi connectivity index (χ1) is 9.27. The van der Waals surface area contributed by atoms with Crippen LogP contribution in [-0.2, 0) is 11.2 Å². The number of rotatable bonds is 3.